The minimum absolute atomic E-state index is 0.111. The molecule has 4 heteroatoms. The number of aromatic nitrogens is 1. The van der Waals surface area contributed by atoms with Gasteiger partial charge in [0.05, 0.1) is 5.41 Å². The molecule has 2 rings (SSSR count). The largest absolute Gasteiger partial charge is 0.317 e. The molecule has 2 N–H and O–H groups in total. The molecule has 17 heavy (non-hydrogen) atoms. The maximum atomic E-state index is 12.3. The molecular formula is C13H19N3O. The average Bonchev–Trinajstić information content (AvgIpc) is 2.40. The van der Waals surface area contributed by atoms with Crippen LogP contribution in [0.15, 0.2) is 24.4 Å². The molecular weight excluding hydrogens is 214 g/mol. The summed E-state index contributed by atoms with van der Waals surface area (Å²) in [5.41, 5.74) is -0.219. The highest BCUT2D eigenvalue weighted by Crippen LogP contribution is 2.33. The van der Waals surface area contributed by atoms with E-state index in [2.05, 4.69) is 22.5 Å². The van der Waals surface area contributed by atoms with Crippen molar-refractivity contribution < 1.29 is 4.79 Å². The lowest BCUT2D eigenvalue weighted by atomic mass is 9.76. The molecule has 1 aromatic rings. The van der Waals surface area contributed by atoms with Crippen LogP contribution in [0.1, 0.15) is 26.2 Å². The molecule has 0 aliphatic carbocycles. The van der Waals surface area contributed by atoms with Crippen molar-refractivity contribution in [3.63, 3.8) is 0 Å². The summed E-state index contributed by atoms with van der Waals surface area (Å²) < 4.78 is 0. The Kier molecular flexibility index (Phi) is 3.74. The SMILES string of the molecule is CCC1(C(=O)Nc2ccccn2)CCNCC1. The van der Waals surface area contributed by atoms with E-state index in [0.29, 0.717) is 5.82 Å². The Morgan fingerprint density at radius 2 is 2.24 bits per heavy atom. The molecule has 0 spiro atoms. The molecule has 0 saturated carbocycles. The van der Waals surface area contributed by atoms with Gasteiger partial charge in [0.1, 0.15) is 5.82 Å². The Balaban J connectivity index is 2.07. The first-order valence-corrected chi connectivity index (χ1v) is 6.20. The summed E-state index contributed by atoms with van der Waals surface area (Å²) in [6.45, 7) is 3.93. The lowest BCUT2D eigenvalue weighted by Gasteiger charge is -2.35. The van der Waals surface area contributed by atoms with Gasteiger partial charge in [-0.15, -0.1) is 0 Å². The number of hydrogen-bond donors (Lipinski definition) is 2. The molecule has 0 radical (unpaired) electrons. The second-order valence-electron chi connectivity index (χ2n) is 4.55. The number of anilines is 1. The third-order valence-electron chi connectivity index (χ3n) is 3.63. The fourth-order valence-corrected chi connectivity index (χ4v) is 2.33. The predicted molar refractivity (Wildman–Crippen MR) is 67.7 cm³/mol. The van der Waals surface area contributed by atoms with Crippen LogP contribution in [-0.4, -0.2) is 24.0 Å². The highest BCUT2D eigenvalue weighted by molar-refractivity contribution is 5.94. The number of nitrogens with zero attached hydrogens (tertiary/aromatic N) is 1. The fourth-order valence-electron chi connectivity index (χ4n) is 2.33. The first kappa shape index (κ1) is 12.0. The maximum absolute atomic E-state index is 12.3. The van der Waals surface area contributed by atoms with E-state index in [1.54, 1.807) is 6.20 Å². The number of pyridine rings is 1. The van der Waals surface area contributed by atoms with Gasteiger partial charge in [0.25, 0.3) is 0 Å². The Morgan fingerprint density at radius 1 is 1.47 bits per heavy atom. The zero-order valence-corrected chi connectivity index (χ0v) is 10.2. The lowest BCUT2D eigenvalue weighted by Crippen LogP contribution is -2.44. The molecule has 1 aliphatic rings. The average molecular weight is 233 g/mol. The van der Waals surface area contributed by atoms with E-state index in [1.807, 2.05) is 18.2 Å². The molecule has 0 unspecified atom stereocenters. The molecule has 1 amide bonds. The van der Waals surface area contributed by atoms with Crippen LogP contribution in [0.25, 0.3) is 0 Å². The molecule has 1 fully saturated rings. The highest BCUT2D eigenvalue weighted by Gasteiger charge is 2.37. The van der Waals surface area contributed by atoms with Crippen LogP contribution in [0, 0.1) is 5.41 Å². The molecule has 1 saturated heterocycles. The number of carbonyl (C=O) groups excluding carboxylic acids is 1. The summed E-state index contributed by atoms with van der Waals surface area (Å²) in [5.74, 6) is 0.754. The van der Waals surface area contributed by atoms with Crippen molar-refractivity contribution in [3.05, 3.63) is 24.4 Å². The smallest absolute Gasteiger partial charge is 0.231 e. The quantitative estimate of drug-likeness (QED) is 0.837. The van der Waals surface area contributed by atoms with Gasteiger partial charge in [0, 0.05) is 6.20 Å². The standard InChI is InChI=1S/C13H19N3O/c1-2-13(6-9-14-10-7-13)12(17)16-11-5-3-4-8-15-11/h3-5,8,14H,2,6-7,9-10H2,1H3,(H,15,16,17). The van der Waals surface area contributed by atoms with Gasteiger partial charge in [-0.05, 0) is 44.5 Å². The van der Waals surface area contributed by atoms with Crippen LogP contribution in [-0.2, 0) is 4.79 Å². The van der Waals surface area contributed by atoms with Gasteiger partial charge < -0.3 is 10.6 Å². The van der Waals surface area contributed by atoms with Crippen molar-refractivity contribution in [3.8, 4) is 0 Å². The van der Waals surface area contributed by atoms with Crippen molar-refractivity contribution in [2.75, 3.05) is 18.4 Å². The summed E-state index contributed by atoms with van der Waals surface area (Å²) in [6, 6.07) is 5.54. The van der Waals surface area contributed by atoms with E-state index in [9.17, 15) is 4.79 Å². The van der Waals surface area contributed by atoms with Crippen LogP contribution in [0.2, 0.25) is 0 Å². The topological polar surface area (TPSA) is 54.0 Å². The summed E-state index contributed by atoms with van der Waals surface area (Å²) in [5, 5.41) is 6.22. The minimum atomic E-state index is -0.219. The molecule has 0 atom stereocenters. The number of amides is 1. The monoisotopic (exact) mass is 233 g/mol. The molecule has 2 heterocycles. The Morgan fingerprint density at radius 3 is 2.82 bits per heavy atom. The first-order valence-electron chi connectivity index (χ1n) is 6.20. The Labute approximate surface area is 102 Å². The molecule has 0 aromatic carbocycles. The normalized spacial score (nSPS) is 18.6. The fraction of sp³-hybridized carbons (Fsp3) is 0.538. The summed E-state index contributed by atoms with van der Waals surface area (Å²) in [7, 11) is 0. The van der Waals surface area contributed by atoms with Crippen molar-refractivity contribution in [2.24, 2.45) is 5.41 Å². The van der Waals surface area contributed by atoms with E-state index < -0.39 is 0 Å². The third-order valence-corrected chi connectivity index (χ3v) is 3.63. The summed E-state index contributed by atoms with van der Waals surface area (Å²) in [4.78, 5) is 16.5. The van der Waals surface area contributed by atoms with Gasteiger partial charge in [-0.2, -0.15) is 0 Å². The Bertz CT molecular complexity index is 372. The molecule has 4 nitrogen and oxygen atoms in total. The maximum Gasteiger partial charge on any atom is 0.231 e. The lowest BCUT2D eigenvalue weighted by molar-refractivity contribution is -0.127. The van der Waals surface area contributed by atoms with E-state index >= 15 is 0 Å². The van der Waals surface area contributed by atoms with Gasteiger partial charge in [-0.3, -0.25) is 4.79 Å². The number of carbonyl (C=O) groups is 1. The predicted octanol–water partition coefficient (Wildman–Crippen LogP) is 1.80. The summed E-state index contributed by atoms with van der Waals surface area (Å²) in [6.07, 6.45) is 4.38. The number of piperidine rings is 1. The first-order chi connectivity index (χ1) is 8.27. The van der Waals surface area contributed by atoms with Crippen LogP contribution in [0.3, 0.4) is 0 Å². The zero-order chi connectivity index (χ0) is 12.1. The van der Waals surface area contributed by atoms with Crippen molar-refractivity contribution >= 4 is 11.7 Å². The number of hydrogen-bond acceptors (Lipinski definition) is 3. The van der Waals surface area contributed by atoms with E-state index in [4.69, 9.17) is 0 Å². The molecule has 0 bridgehead atoms. The number of nitrogens with one attached hydrogen (secondary N) is 2. The summed E-state index contributed by atoms with van der Waals surface area (Å²) >= 11 is 0. The van der Waals surface area contributed by atoms with Crippen LogP contribution < -0.4 is 10.6 Å². The van der Waals surface area contributed by atoms with Gasteiger partial charge in [-0.25, -0.2) is 4.98 Å². The third kappa shape index (κ3) is 2.64. The van der Waals surface area contributed by atoms with Crippen LogP contribution >= 0.6 is 0 Å². The van der Waals surface area contributed by atoms with Crippen LogP contribution in [0.4, 0.5) is 5.82 Å². The van der Waals surface area contributed by atoms with E-state index in [1.165, 1.54) is 0 Å². The zero-order valence-electron chi connectivity index (χ0n) is 10.2. The van der Waals surface area contributed by atoms with Gasteiger partial charge in [-0.1, -0.05) is 13.0 Å². The molecule has 1 aliphatic heterocycles. The second kappa shape index (κ2) is 5.27. The van der Waals surface area contributed by atoms with E-state index in [0.717, 1.165) is 32.4 Å². The van der Waals surface area contributed by atoms with E-state index in [-0.39, 0.29) is 11.3 Å². The number of rotatable bonds is 3. The molecule has 92 valence electrons. The van der Waals surface area contributed by atoms with Crippen molar-refractivity contribution in [1.82, 2.24) is 10.3 Å². The van der Waals surface area contributed by atoms with Gasteiger partial charge in [0.2, 0.25) is 5.91 Å². The minimum Gasteiger partial charge on any atom is -0.317 e. The Hall–Kier alpha value is -1.42. The van der Waals surface area contributed by atoms with Crippen molar-refractivity contribution in [1.29, 1.82) is 0 Å². The van der Waals surface area contributed by atoms with Gasteiger partial charge >= 0.3 is 0 Å². The molecule has 1 aromatic heterocycles. The van der Waals surface area contributed by atoms with Crippen LogP contribution in [0.5, 0.6) is 0 Å². The second-order valence-corrected chi connectivity index (χ2v) is 4.55. The van der Waals surface area contributed by atoms with Gasteiger partial charge in [0.15, 0.2) is 0 Å². The highest BCUT2D eigenvalue weighted by atomic mass is 16.2. The van der Waals surface area contributed by atoms with Crippen molar-refractivity contribution in [2.45, 2.75) is 26.2 Å².